The van der Waals surface area contributed by atoms with Crippen LogP contribution in [0.4, 0.5) is 4.79 Å². The number of amides is 3. The molecule has 0 aliphatic rings. The first-order valence-electron chi connectivity index (χ1n) is 5.13. The van der Waals surface area contributed by atoms with Gasteiger partial charge in [-0.1, -0.05) is 5.21 Å². The predicted molar refractivity (Wildman–Crippen MR) is 58.6 cm³/mol. The second-order valence-corrected chi connectivity index (χ2v) is 3.42. The monoisotopic (exact) mass is 255 g/mol. The van der Waals surface area contributed by atoms with Crippen molar-refractivity contribution < 1.29 is 19.5 Å². The number of imide groups is 1. The van der Waals surface area contributed by atoms with E-state index in [4.69, 9.17) is 5.11 Å². The minimum Gasteiger partial charge on any atom is -0.481 e. The minimum atomic E-state index is -1.00. The highest BCUT2D eigenvalue weighted by Crippen LogP contribution is 1.96. The minimum absolute atomic E-state index is 0.0449. The second-order valence-electron chi connectivity index (χ2n) is 3.42. The lowest BCUT2D eigenvalue weighted by Crippen LogP contribution is -2.37. The summed E-state index contributed by atoms with van der Waals surface area (Å²) in [5, 5.41) is 20.2. The van der Waals surface area contributed by atoms with E-state index in [2.05, 4.69) is 20.9 Å². The third-order valence-electron chi connectivity index (χ3n) is 1.97. The summed E-state index contributed by atoms with van der Waals surface area (Å²) in [7, 11) is 1.40. The van der Waals surface area contributed by atoms with Gasteiger partial charge >= 0.3 is 12.0 Å². The van der Waals surface area contributed by atoms with Crippen LogP contribution in [-0.4, -0.2) is 45.1 Å². The number of nitrogens with zero attached hydrogens (tertiary/aromatic N) is 3. The van der Waals surface area contributed by atoms with E-state index in [-0.39, 0.29) is 19.4 Å². The van der Waals surface area contributed by atoms with Crippen LogP contribution in [0, 0.1) is 0 Å². The van der Waals surface area contributed by atoms with Crippen LogP contribution in [0.15, 0.2) is 6.20 Å². The molecule has 3 amide bonds. The Hall–Kier alpha value is -2.45. The molecule has 0 radical (unpaired) electrons. The molecule has 0 aromatic carbocycles. The van der Waals surface area contributed by atoms with Crippen molar-refractivity contribution >= 4 is 17.9 Å². The zero-order chi connectivity index (χ0) is 13.5. The van der Waals surface area contributed by atoms with Crippen molar-refractivity contribution in [2.45, 2.75) is 19.4 Å². The summed E-state index contributed by atoms with van der Waals surface area (Å²) >= 11 is 0. The van der Waals surface area contributed by atoms with E-state index in [1.165, 1.54) is 17.9 Å². The molecule has 1 aromatic rings. The fourth-order valence-corrected chi connectivity index (χ4v) is 1.15. The van der Waals surface area contributed by atoms with Crippen molar-refractivity contribution in [3.8, 4) is 0 Å². The van der Waals surface area contributed by atoms with E-state index in [1.54, 1.807) is 0 Å². The van der Waals surface area contributed by atoms with Crippen LogP contribution in [0.2, 0.25) is 0 Å². The van der Waals surface area contributed by atoms with Gasteiger partial charge in [-0.2, -0.15) is 0 Å². The number of carboxylic acids is 1. The van der Waals surface area contributed by atoms with Gasteiger partial charge in [0, 0.05) is 19.7 Å². The molecular formula is C9H13N5O4. The third kappa shape index (κ3) is 4.60. The van der Waals surface area contributed by atoms with Crippen LogP contribution in [0.1, 0.15) is 12.1 Å². The van der Waals surface area contributed by atoms with Crippen LogP contribution in [-0.2, 0) is 22.6 Å². The Kier molecular flexibility index (Phi) is 4.78. The van der Waals surface area contributed by atoms with Gasteiger partial charge in [-0.25, -0.2) is 4.79 Å². The number of rotatable bonds is 5. The summed E-state index contributed by atoms with van der Waals surface area (Å²) in [6, 6.07) is -0.579. The van der Waals surface area contributed by atoms with Gasteiger partial charge in [-0.15, -0.1) is 5.10 Å². The molecule has 9 nitrogen and oxygen atoms in total. The molecule has 98 valence electrons. The molecule has 0 saturated heterocycles. The number of aromatic nitrogens is 3. The lowest BCUT2D eigenvalue weighted by atomic mass is 10.3. The first-order valence-corrected chi connectivity index (χ1v) is 5.13. The number of carbonyl (C=O) groups excluding carboxylic acids is 2. The number of hydrogen-bond donors (Lipinski definition) is 3. The summed E-state index contributed by atoms with van der Waals surface area (Å²) in [5.41, 5.74) is 0.314. The van der Waals surface area contributed by atoms with Gasteiger partial charge in [0.25, 0.3) is 0 Å². The smallest absolute Gasteiger partial charge is 0.321 e. The van der Waals surface area contributed by atoms with Gasteiger partial charge in [0.2, 0.25) is 5.91 Å². The molecule has 0 unspecified atom stereocenters. The lowest BCUT2D eigenvalue weighted by molar-refractivity contribution is -0.136. The van der Waals surface area contributed by atoms with Gasteiger partial charge in [-0.3, -0.25) is 19.6 Å². The number of nitrogens with one attached hydrogen (secondary N) is 2. The van der Waals surface area contributed by atoms with Crippen LogP contribution >= 0.6 is 0 Å². The highest BCUT2D eigenvalue weighted by molar-refractivity contribution is 5.94. The average molecular weight is 255 g/mol. The largest absolute Gasteiger partial charge is 0.481 e. The standard InChI is InChI=1S/C9H13N5O4/c1-10-9(18)11-7(15)2-3-14-5-6(12-13-14)4-8(16)17/h5H,2-4H2,1H3,(H,16,17)(H2,10,11,15,18). The molecule has 0 aliphatic heterocycles. The van der Waals surface area contributed by atoms with Crippen molar-refractivity contribution in [2.24, 2.45) is 0 Å². The zero-order valence-electron chi connectivity index (χ0n) is 9.71. The zero-order valence-corrected chi connectivity index (χ0v) is 9.71. The number of aliphatic carboxylic acids is 1. The van der Waals surface area contributed by atoms with E-state index >= 15 is 0 Å². The molecule has 0 spiro atoms. The van der Waals surface area contributed by atoms with Crippen LogP contribution in [0.25, 0.3) is 0 Å². The number of carboxylic acid groups (broad SMARTS) is 1. The first-order chi connectivity index (χ1) is 8.51. The van der Waals surface area contributed by atoms with E-state index < -0.39 is 17.9 Å². The van der Waals surface area contributed by atoms with Gasteiger partial charge in [0.1, 0.15) is 0 Å². The Morgan fingerprint density at radius 1 is 1.44 bits per heavy atom. The molecule has 1 aromatic heterocycles. The van der Waals surface area contributed by atoms with Crippen molar-refractivity contribution in [1.82, 2.24) is 25.6 Å². The highest BCUT2D eigenvalue weighted by Gasteiger charge is 2.08. The summed E-state index contributed by atoms with van der Waals surface area (Å²) in [4.78, 5) is 32.5. The quantitative estimate of drug-likeness (QED) is 0.603. The second kappa shape index (κ2) is 6.33. The fourth-order valence-electron chi connectivity index (χ4n) is 1.15. The summed E-state index contributed by atoms with van der Waals surface area (Å²) < 4.78 is 1.35. The molecule has 3 N–H and O–H groups in total. The van der Waals surface area contributed by atoms with E-state index in [0.717, 1.165) is 0 Å². The maximum Gasteiger partial charge on any atom is 0.321 e. The molecule has 0 aliphatic carbocycles. The molecule has 0 fully saturated rings. The van der Waals surface area contributed by atoms with Gasteiger partial charge in [0.05, 0.1) is 18.7 Å². The predicted octanol–water partition coefficient (Wildman–Crippen LogP) is -1.25. The average Bonchev–Trinajstić information content (AvgIpc) is 2.73. The molecule has 0 bridgehead atoms. The Balaban J connectivity index is 2.39. The van der Waals surface area contributed by atoms with Crippen molar-refractivity contribution in [1.29, 1.82) is 0 Å². The maximum absolute atomic E-state index is 11.2. The number of aryl methyl sites for hydroxylation is 1. The van der Waals surface area contributed by atoms with Crippen LogP contribution in [0.5, 0.6) is 0 Å². The van der Waals surface area contributed by atoms with Crippen molar-refractivity contribution in [2.75, 3.05) is 7.05 Å². The Morgan fingerprint density at radius 2 is 2.17 bits per heavy atom. The van der Waals surface area contributed by atoms with Crippen LogP contribution < -0.4 is 10.6 Å². The van der Waals surface area contributed by atoms with Crippen molar-refractivity contribution in [3.05, 3.63) is 11.9 Å². The van der Waals surface area contributed by atoms with Crippen molar-refractivity contribution in [3.63, 3.8) is 0 Å². The Bertz CT molecular complexity index is 456. The van der Waals surface area contributed by atoms with Gasteiger partial charge in [0.15, 0.2) is 0 Å². The molecule has 1 rings (SSSR count). The molecular weight excluding hydrogens is 242 g/mol. The van der Waals surface area contributed by atoms with E-state index in [0.29, 0.717) is 5.69 Å². The number of urea groups is 1. The first kappa shape index (κ1) is 13.6. The SMILES string of the molecule is CNC(=O)NC(=O)CCn1cc(CC(=O)O)nn1. The molecule has 1 heterocycles. The maximum atomic E-state index is 11.2. The van der Waals surface area contributed by atoms with E-state index in [9.17, 15) is 14.4 Å². The molecule has 18 heavy (non-hydrogen) atoms. The Morgan fingerprint density at radius 3 is 2.78 bits per heavy atom. The molecule has 0 saturated carbocycles. The van der Waals surface area contributed by atoms with Gasteiger partial charge < -0.3 is 10.4 Å². The highest BCUT2D eigenvalue weighted by atomic mass is 16.4. The van der Waals surface area contributed by atoms with Gasteiger partial charge in [-0.05, 0) is 0 Å². The third-order valence-corrected chi connectivity index (χ3v) is 1.97. The topological polar surface area (TPSA) is 126 Å². The molecule has 9 heteroatoms. The Labute approximate surface area is 102 Å². The fraction of sp³-hybridized carbons (Fsp3) is 0.444. The summed E-state index contributed by atoms with van der Waals surface area (Å²) in [6.07, 6.45) is 1.27. The summed E-state index contributed by atoms with van der Waals surface area (Å²) in [5.74, 6) is -1.45. The normalized spacial score (nSPS) is 9.83. The number of carbonyl (C=O) groups is 3. The van der Waals surface area contributed by atoms with Crippen LogP contribution in [0.3, 0.4) is 0 Å². The summed E-state index contributed by atoms with van der Waals surface area (Å²) in [6.45, 7) is 0.218. The number of hydrogen-bond acceptors (Lipinski definition) is 5. The molecule has 0 atom stereocenters. The van der Waals surface area contributed by atoms with E-state index in [1.807, 2.05) is 0 Å². The lowest BCUT2D eigenvalue weighted by Gasteiger charge is -2.02.